The van der Waals surface area contributed by atoms with Crippen molar-refractivity contribution < 1.29 is 14.3 Å². The maximum Gasteiger partial charge on any atom is 0.326 e. The first-order chi connectivity index (χ1) is 9.12. The van der Waals surface area contributed by atoms with Gasteiger partial charge in [-0.25, -0.2) is 0 Å². The maximum absolute atomic E-state index is 11.9. The molecule has 1 unspecified atom stereocenters. The highest BCUT2D eigenvalue weighted by molar-refractivity contribution is 7.99. The molecule has 1 rings (SSSR count). The molecule has 1 heterocycles. The van der Waals surface area contributed by atoms with Crippen LogP contribution in [0.3, 0.4) is 0 Å². The van der Waals surface area contributed by atoms with Crippen LogP contribution in [0.5, 0.6) is 0 Å². The fourth-order valence-electron chi connectivity index (χ4n) is 2.14. The molecule has 5 heteroatoms. The lowest BCUT2D eigenvalue weighted by molar-refractivity contribution is -0.150. The summed E-state index contributed by atoms with van der Waals surface area (Å²) in [7, 11) is 1.82. The minimum absolute atomic E-state index is 0.145. The number of nitrogens with one attached hydrogen (secondary N) is 1. The third-order valence-electron chi connectivity index (χ3n) is 3.62. The Hall–Kier alpha value is -0.260. The van der Waals surface area contributed by atoms with Crippen LogP contribution in [0.4, 0.5) is 0 Å². The molecule has 0 aliphatic carbocycles. The zero-order valence-corrected chi connectivity index (χ0v) is 13.2. The number of thioether (sulfide) groups is 1. The lowest BCUT2D eigenvalue weighted by Gasteiger charge is -2.27. The Labute approximate surface area is 121 Å². The van der Waals surface area contributed by atoms with Crippen LogP contribution >= 0.6 is 11.8 Å². The molecule has 1 aliphatic heterocycles. The number of hydrogen-bond acceptors (Lipinski definition) is 5. The van der Waals surface area contributed by atoms with E-state index in [-0.39, 0.29) is 5.97 Å². The van der Waals surface area contributed by atoms with Crippen molar-refractivity contribution >= 4 is 17.7 Å². The van der Waals surface area contributed by atoms with Gasteiger partial charge in [0.15, 0.2) is 0 Å². The fraction of sp³-hybridized carbons (Fsp3) is 0.929. The Morgan fingerprint density at radius 1 is 1.47 bits per heavy atom. The smallest absolute Gasteiger partial charge is 0.326 e. The predicted octanol–water partition coefficient (Wildman–Crippen LogP) is 2.22. The molecule has 1 saturated heterocycles. The lowest BCUT2D eigenvalue weighted by atomic mass is 9.97. The van der Waals surface area contributed by atoms with Crippen molar-refractivity contribution in [1.29, 1.82) is 0 Å². The molecule has 19 heavy (non-hydrogen) atoms. The van der Waals surface area contributed by atoms with Gasteiger partial charge in [-0.1, -0.05) is 0 Å². The molecule has 1 atom stereocenters. The van der Waals surface area contributed by atoms with Crippen molar-refractivity contribution in [3.05, 3.63) is 0 Å². The molecule has 1 N–H and O–H groups in total. The number of carbonyl (C=O) groups excluding carboxylic acids is 1. The third-order valence-corrected chi connectivity index (χ3v) is 5.09. The average molecular weight is 289 g/mol. The van der Waals surface area contributed by atoms with Crippen LogP contribution in [0.15, 0.2) is 0 Å². The molecule has 0 radical (unpaired) electrons. The molecule has 0 spiro atoms. The SMILES string of the molecule is CCOC(=O)C(C)(CCCSC1CCOCC1)NC. The normalized spacial score (nSPS) is 19.9. The first-order valence-electron chi connectivity index (χ1n) is 7.18. The summed E-state index contributed by atoms with van der Waals surface area (Å²) in [6.45, 7) is 6.00. The van der Waals surface area contributed by atoms with E-state index in [9.17, 15) is 4.79 Å². The number of ether oxygens (including phenoxy) is 2. The first kappa shape index (κ1) is 16.8. The van der Waals surface area contributed by atoms with Crippen molar-refractivity contribution in [2.75, 3.05) is 32.6 Å². The zero-order valence-electron chi connectivity index (χ0n) is 12.4. The van der Waals surface area contributed by atoms with E-state index < -0.39 is 5.54 Å². The summed E-state index contributed by atoms with van der Waals surface area (Å²) in [5.74, 6) is 0.954. The molecule has 4 nitrogen and oxygen atoms in total. The topological polar surface area (TPSA) is 47.6 Å². The van der Waals surface area contributed by atoms with Crippen molar-refractivity contribution in [2.24, 2.45) is 0 Å². The monoisotopic (exact) mass is 289 g/mol. The van der Waals surface area contributed by atoms with Gasteiger partial charge in [0.1, 0.15) is 5.54 Å². The number of carbonyl (C=O) groups is 1. The van der Waals surface area contributed by atoms with Gasteiger partial charge in [0.05, 0.1) is 6.61 Å². The third kappa shape index (κ3) is 5.71. The van der Waals surface area contributed by atoms with E-state index in [4.69, 9.17) is 9.47 Å². The van der Waals surface area contributed by atoms with Gasteiger partial charge in [0, 0.05) is 18.5 Å². The van der Waals surface area contributed by atoms with Gasteiger partial charge in [-0.2, -0.15) is 11.8 Å². The number of hydrogen-bond donors (Lipinski definition) is 1. The highest BCUT2D eigenvalue weighted by Crippen LogP contribution is 2.24. The second-order valence-electron chi connectivity index (χ2n) is 5.09. The first-order valence-corrected chi connectivity index (χ1v) is 8.22. The average Bonchev–Trinajstić information content (AvgIpc) is 2.44. The summed E-state index contributed by atoms with van der Waals surface area (Å²) in [6, 6.07) is 0. The van der Waals surface area contributed by atoms with E-state index in [1.807, 2.05) is 32.7 Å². The molecule has 0 amide bonds. The van der Waals surface area contributed by atoms with E-state index in [1.165, 1.54) is 0 Å². The summed E-state index contributed by atoms with van der Waals surface area (Å²) in [4.78, 5) is 11.9. The van der Waals surface area contributed by atoms with Crippen molar-refractivity contribution in [3.63, 3.8) is 0 Å². The molecular formula is C14H27NO3S. The Bertz CT molecular complexity index is 269. The molecule has 1 aliphatic rings. The quantitative estimate of drug-likeness (QED) is 0.548. The molecule has 0 aromatic carbocycles. The Kier molecular flexibility index (Phi) is 7.80. The van der Waals surface area contributed by atoms with E-state index in [2.05, 4.69) is 5.32 Å². The molecule has 1 fully saturated rings. The van der Waals surface area contributed by atoms with Gasteiger partial charge >= 0.3 is 5.97 Å². The Morgan fingerprint density at radius 2 is 2.16 bits per heavy atom. The van der Waals surface area contributed by atoms with Gasteiger partial charge in [0.25, 0.3) is 0 Å². The van der Waals surface area contributed by atoms with Crippen LogP contribution < -0.4 is 5.32 Å². The van der Waals surface area contributed by atoms with Crippen molar-refractivity contribution in [1.82, 2.24) is 5.32 Å². The maximum atomic E-state index is 11.9. The van der Waals surface area contributed by atoms with Crippen molar-refractivity contribution in [2.45, 2.75) is 50.3 Å². The van der Waals surface area contributed by atoms with Crippen LogP contribution in [0.2, 0.25) is 0 Å². The molecule has 0 saturated carbocycles. The molecular weight excluding hydrogens is 262 g/mol. The zero-order chi connectivity index (χ0) is 14.1. The van der Waals surface area contributed by atoms with Gasteiger partial charge in [-0.3, -0.25) is 4.79 Å². The second kappa shape index (κ2) is 8.82. The van der Waals surface area contributed by atoms with Crippen LogP contribution in [0, 0.1) is 0 Å². The molecule has 0 aromatic heterocycles. The fourth-order valence-corrected chi connectivity index (χ4v) is 3.31. The minimum atomic E-state index is -0.549. The highest BCUT2D eigenvalue weighted by atomic mass is 32.2. The van der Waals surface area contributed by atoms with E-state index in [0.29, 0.717) is 6.61 Å². The molecule has 112 valence electrons. The van der Waals surface area contributed by atoms with E-state index in [0.717, 1.165) is 49.9 Å². The van der Waals surface area contributed by atoms with Crippen LogP contribution in [0.1, 0.15) is 39.5 Å². The lowest BCUT2D eigenvalue weighted by Crippen LogP contribution is -2.48. The minimum Gasteiger partial charge on any atom is -0.465 e. The molecule has 0 bridgehead atoms. The van der Waals surface area contributed by atoms with Crippen LogP contribution in [-0.2, 0) is 14.3 Å². The molecule has 0 aromatic rings. The standard InChI is InChI=1S/C14H27NO3S/c1-4-18-13(16)14(2,15-3)8-5-11-19-12-6-9-17-10-7-12/h12,15H,4-11H2,1-3H3. The second-order valence-corrected chi connectivity index (χ2v) is 6.50. The number of esters is 1. The Morgan fingerprint density at radius 3 is 2.74 bits per heavy atom. The van der Waals surface area contributed by atoms with Gasteiger partial charge in [-0.05, 0) is 52.3 Å². The summed E-state index contributed by atoms with van der Waals surface area (Å²) in [6.07, 6.45) is 4.16. The summed E-state index contributed by atoms with van der Waals surface area (Å²) in [5, 5.41) is 3.83. The van der Waals surface area contributed by atoms with Crippen molar-refractivity contribution in [3.8, 4) is 0 Å². The highest BCUT2D eigenvalue weighted by Gasteiger charge is 2.32. The number of rotatable bonds is 8. The van der Waals surface area contributed by atoms with Gasteiger partial charge in [0.2, 0.25) is 0 Å². The van der Waals surface area contributed by atoms with Gasteiger partial charge < -0.3 is 14.8 Å². The van der Waals surface area contributed by atoms with E-state index in [1.54, 1.807) is 0 Å². The summed E-state index contributed by atoms with van der Waals surface area (Å²) in [5.41, 5.74) is -0.549. The van der Waals surface area contributed by atoms with Gasteiger partial charge in [-0.15, -0.1) is 0 Å². The Balaban J connectivity index is 2.23. The summed E-state index contributed by atoms with van der Waals surface area (Å²) < 4.78 is 10.5. The van der Waals surface area contributed by atoms with E-state index >= 15 is 0 Å². The number of likely N-dealkylation sites (N-methyl/N-ethyl adjacent to an activating group) is 1. The van der Waals surface area contributed by atoms with Crippen LogP contribution in [-0.4, -0.2) is 49.4 Å². The largest absolute Gasteiger partial charge is 0.465 e. The predicted molar refractivity (Wildman–Crippen MR) is 79.6 cm³/mol. The summed E-state index contributed by atoms with van der Waals surface area (Å²) >= 11 is 2.01. The van der Waals surface area contributed by atoms with Crippen LogP contribution in [0.25, 0.3) is 0 Å².